The molecule has 0 aliphatic rings. The van der Waals surface area contributed by atoms with Crippen LogP contribution in [0.3, 0.4) is 0 Å². The second kappa shape index (κ2) is 6.99. The summed E-state index contributed by atoms with van der Waals surface area (Å²) in [6.07, 6.45) is 3.29. The average Bonchev–Trinajstić information content (AvgIpc) is 2.49. The molecule has 21 heavy (non-hydrogen) atoms. The van der Waals surface area contributed by atoms with Crippen LogP contribution in [0.15, 0.2) is 53.4 Å². The van der Waals surface area contributed by atoms with Crippen molar-refractivity contribution in [2.24, 2.45) is 0 Å². The van der Waals surface area contributed by atoms with Gasteiger partial charge in [-0.3, -0.25) is 4.79 Å². The van der Waals surface area contributed by atoms with Gasteiger partial charge in [0.15, 0.2) is 5.78 Å². The van der Waals surface area contributed by atoms with Gasteiger partial charge in [-0.25, -0.2) is 0 Å². The molecular weight excluding hydrogens is 280 g/mol. The number of carbonyl (C=O) groups is 1. The summed E-state index contributed by atoms with van der Waals surface area (Å²) in [5.41, 5.74) is 14.0. The Kier molecular flexibility index (Phi) is 5.06. The minimum Gasteiger partial charge on any atom is -0.397 e. The average molecular weight is 298 g/mol. The quantitative estimate of drug-likeness (QED) is 0.380. The van der Waals surface area contributed by atoms with Crippen LogP contribution in [0.1, 0.15) is 22.8 Å². The van der Waals surface area contributed by atoms with Crippen LogP contribution in [0.5, 0.6) is 0 Å². The molecule has 0 atom stereocenters. The number of rotatable bonds is 5. The van der Waals surface area contributed by atoms with Gasteiger partial charge in [0.25, 0.3) is 0 Å². The summed E-state index contributed by atoms with van der Waals surface area (Å²) in [7, 11) is 0. The maximum absolute atomic E-state index is 12.1. The Morgan fingerprint density at radius 1 is 1.10 bits per heavy atom. The first-order chi connectivity index (χ1) is 10.1. The number of nitrogens with two attached hydrogens (primary N) is 2. The lowest BCUT2D eigenvalue weighted by Crippen LogP contribution is -1.95. The lowest BCUT2D eigenvalue weighted by molar-refractivity contribution is 0.104. The molecule has 4 N–H and O–H groups in total. The van der Waals surface area contributed by atoms with Crippen LogP contribution in [0, 0.1) is 0 Å². The maximum Gasteiger partial charge on any atom is 0.185 e. The number of allylic oxidation sites excluding steroid dienone is 1. The van der Waals surface area contributed by atoms with Gasteiger partial charge in [0, 0.05) is 10.5 Å². The number of carbonyl (C=O) groups excluding carboxylic acids is 1. The summed E-state index contributed by atoms with van der Waals surface area (Å²) < 4.78 is 0. The normalized spacial score (nSPS) is 10.9. The van der Waals surface area contributed by atoms with Gasteiger partial charge in [0.2, 0.25) is 0 Å². The molecule has 0 unspecified atom stereocenters. The van der Waals surface area contributed by atoms with Crippen molar-refractivity contribution in [1.82, 2.24) is 0 Å². The molecule has 0 aliphatic carbocycles. The number of anilines is 2. The monoisotopic (exact) mass is 298 g/mol. The van der Waals surface area contributed by atoms with E-state index in [0.717, 1.165) is 11.3 Å². The van der Waals surface area contributed by atoms with Gasteiger partial charge in [0.1, 0.15) is 0 Å². The third kappa shape index (κ3) is 4.13. The van der Waals surface area contributed by atoms with E-state index in [1.807, 2.05) is 30.3 Å². The Bertz CT molecular complexity index is 663. The highest BCUT2D eigenvalue weighted by molar-refractivity contribution is 7.99. The van der Waals surface area contributed by atoms with Crippen molar-refractivity contribution in [3.8, 4) is 0 Å². The van der Waals surface area contributed by atoms with Crippen LogP contribution in [-0.4, -0.2) is 11.5 Å². The van der Waals surface area contributed by atoms with Gasteiger partial charge < -0.3 is 11.5 Å². The van der Waals surface area contributed by atoms with Gasteiger partial charge in [-0.2, -0.15) is 0 Å². The Morgan fingerprint density at radius 2 is 1.81 bits per heavy atom. The van der Waals surface area contributed by atoms with Gasteiger partial charge in [-0.15, -0.1) is 11.8 Å². The van der Waals surface area contributed by atoms with Crippen LogP contribution in [-0.2, 0) is 0 Å². The third-order valence-electron chi connectivity index (χ3n) is 2.99. The fourth-order valence-electron chi connectivity index (χ4n) is 1.85. The minimum absolute atomic E-state index is 0.0292. The second-order valence-electron chi connectivity index (χ2n) is 4.54. The molecule has 0 spiro atoms. The molecule has 108 valence electrons. The van der Waals surface area contributed by atoms with Crippen LogP contribution < -0.4 is 11.5 Å². The minimum atomic E-state index is -0.0292. The first-order valence-electron chi connectivity index (χ1n) is 6.70. The number of thioether (sulfide) groups is 1. The van der Waals surface area contributed by atoms with E-state index < -0.39 is 0 Å². The highest BCUT2D eigenvalue weighted by Crippen LogP contribution is 2.19. The van der Waals surface area contributed by atoms with Crippen molar-refractivity contribution in [3.05, 3.63) is 59.7 Å². The van der Waals surface area contributed by atoms with Crippen molar-refractivity contribution >= 4 is 35.0 Å². The number of hydrogen-bond donors (Lipinski definition) is 2. The summed E-state index contributed by atoms with van der Waals surface area (Å²) in [6.45, 7) is 2.10. The van der Waals surface area contributed by atoms with Crippen molar-refractivity contribution < 1.29 is 4.79 Å². The van der Waals surface area contributed by atoms with E-state index in [1.165, 1.54) is 4.90 Å². The molecule has 0 fully saturated rings. The van der Waals surface area contributed by atoms with Gasteiger partial charge >= 0.3 is 0 Å². The van der Waals surface area contributed by atoms with E-state index in [9.17, 15) is 4.79 Å². The van der Waals surface area contributed by atoms with E-state index >= 15 is 0 Å². The SMILES string of the molecule is CCSc1ccc(C(=O)C=Cc2ccc(N)c(N)c2)cc1. The smallest absolute Gasteiger partial charge is 0.185 e. The Morgan fingerprint density at radius 3 is 2.43 bits per heavy atom. The Balaban J connectivity index is 2.09. The van der Waals surface area contributed by atoms with Crippen LogP contribution in [0.2, 0.25) is 0 Å². The zero-order chi connectivity index (χ0) is 15.2. The van der Waals surface area contributed by atoms with Crippen molar-refractivity contribution in [2.45, 2.75) is 11.8 Å². The van der Waals surface area contributed by atoms with E-state index in [4.69, 9.17) is 11.5 Å². The maximum atomic E-state index is 12.1. The summed E-state index contributed by atoms with van der Waals surface area (Å²) in [6, 6.07) is 12.9. The van der Waals surface area contributed by atoms with Crippen molar-refractivity contribution in [1.29, 1.82) is 0 Å². The molecule has 2 rings (SSSR count). The topological polar surface area (TPSA) is 69.1 Å². The van der Waals surface area contributed by atoms with Gasteiger partial charge in [-0.1, -0.05) is 19.1 Å². The first-order valence-corrected chi connectivity index (χ1v) is 7.69. The first kappa shape index (κ1) is 15.2. The number of hydrogen-bond acceptors (Lipinski definition) is 4. The van der Waals surface area contributed by atoms with Crippen LogP contribution in [0.4, 0.5) is 11.4 Å². The molecule has 0 aromatic heterocycles. The molecule has 0 bridgehead atoms. The predicted molar refractivity (Wildman–Crippen MR) is 91.5 cm³/mol. The summed E-state index contributed by atoms with van der Waals surface area (Å²) in [5, 5.41) is 0. The van der Waals surface area contributed by atoms with Crippen molar-refractivity contribution in [2.75, 3.05) is 17.2 Å². The van der Waals surface area contributed by atoms with Crippen molar-refractivity contribution in [3.63, 3.8) is 0 Å². The molecular formula is C17H18N2OS. The van der Waals surface area contributed by atoms with E-state index in [-0.39, 0.29) is 5.78 Å². The van der Waals surface area contributed by atoms with Gasteiger partial charge in [-0.05, 0) is 53.8 Å². The van der Waals surface area contributed by atoms with Crippen LogP contribution in [0.25, 0.3) is 6.08 Å². The Hall–Kier alpha value is -2.20. The second-order valence-corrected chi connectivity index (χ2v) is 5.88. The molecule has 2 aromatic rings. The number of benzene rings is 2. The molecule has 0 radical (unpaired) electrons. The van der Waals surface area contributed by atoms with E-state index in [1.54, 1.807) is 36.0 Å². The highest BCUT2D eigenvalue weighted by Gasteiger charge is 2.02. The zero-order valence-electron chi connectivity index (χ0n) is 11.9. The molecule has 2 aromatic carbocycles. The van der Waals surface area contributed by atoms with E-state index in [0.29, 0.717) is 16.9 Å². The highest BCUT2D eigenvalue weighted by atomic mass is 32.2. The van der Waals surface area contributed by atoms with E-state index in [2.05, 4.69) is 6.92 Å². The molecule has 4 heteroatoms. The standard InChI is InChI=1S/C17H18N2OS/c1-2-21-14-7-5-13(6-8-14)17(20)10-4-12-3-9-15(18)16(19)11-12/h3-11H,2,18-19H2,1H3. The lowest BCUT2D eigenvalue weighted by atomic mass is 10.1. The zero-order valence-corrected chi connectivity index (χ0v) is 12.7. The molecule has 0 heterocycles. The third-order valence-corrected chi connectivity index (χ3v) is 3.88. The summed E-state index contributed by atoms with van der Waals surface area (Å²) in [5.74, 6) is 0.990. The van der Waals surface area contributed by atoms with Gasteiger partial charge in [0.05, 0.1) is 11.4 Å². The molecule has 0 saturated carbocycles. The summed E-state index contributed by atoms with van der Waals surface area (Å²) >= 11 is 1.75. The Labute approximate surface area is 129 Å². The fraction of sp³-hybridized carbons (Fsp3) is 0.118. The molecule has 3 nitrogen and oxygen atoms in total. The lowest BCUT2D eigenvalue weighted by Gasteiger charge is -2.01. The van der Waals surface area contributed by atoms with Crippen LogP contribution >= 0.6 is 11.8 Å². The predicted octanol–water partition coefficient (Wildman–Crippen LogP) is 3.86. The molecule has 0 aliphatic heterocycles. The largest absolute Gasteiger partial charge is 0.397 e. The summed E-state index contributed by atoms with van der Waals surface area (Å²) in [4.78, 5) is 13.3. The molecule has 0 amide bonds. The molecule has 0 saturated heterocycles. The number of ketones is 1. The number of nitrogen functional groups attached to an aromatic ring is 2. The fourth-order valence-corrected chi connectivity index (χ4v) is 2.51.